The van der Waals surface area contributed by atoms with Gasteiger partial charge in [-0.15, -0.1) is 0 Å². The number of benzene rings is 2. The highest BCUT2D eigenvalue weighted by Crippen LogP contribution is 2.24. The van der Waals surface area contributed by atoms with E-state index in [4.69, 9.17) is 0 Å². The number of nitrogens with one attached hydrogen (secondary N) is 2. The van der Waals surface area contributed by atoms with Crippen LogP contribution in [0.2, 0.25) is 0 Å². The molecule has 0 radical (unpaired) electrons. The van der Waals surface area contributed by atoms with Crippen molar-refractivity contribution >= 4 is 6.03 Å². The Morgan fingerprint density at radius 3 is 2.54 bits per heavy atom. The molecule has 0 bridgehead atoms. The lowest BCUT2D eigenvalue weighted by Crippen LogP contribution is -2.43. The first kappa shape index (κ1) is 19.6. The number of aromatic nitrogens is 2. The molecule has 6 heteroatoms. The van der Waals surface area contributed by atoms with E-state index in [1.807, 2.05) is 55.1 Å². The Balaban J connectivity index is 1.45. The average molecular weight is 380 g/mol. The van der Waals surface area contributed by atoms with Gasteiger partial charge in [-0.05, 0) is 35.7 Å². The second kappa shape index (κ2) is 8.69. The molecule has 0 atom stereocenters. The van der Waals surface area contributed by atoms with Crippen LogP contribution >= 0.6 is 0 Å². The zero-order chi connectivity index (χ0) is 20.0. The highest BCUT2D eigenvalue weighted by atomic mass is 19.1. The van der Waals surface area contributed by atoms with Crippen molar-refractivity contribution in [3.63, 3.8) is 0 Å². The Hall–Kier alpha value is -3.15. The minimum atomic E-state index is -0.500. The molecule has 0 aliphatic heterocycles. The van der Waals surface area contributed by atoms with Crippen molar-refractivity contribution in [3.05, 3.63) is 83.9 Å². The fourth-order valence-corrected chi connectivity index (χ4v) is 3.00. The Labute approximate surface area is 164 Å². The number of rotatable bonds is 7. The molecule has 2 aromatic carbocycles. The van der Waals surface area contributed by atoms with Crippen molar-refractivity contribution in [2.75, 3.05) is 13.1 Å². The summed E-state index contributed by atoms with van der Waals surface area (Å²) in [5.41, 5.74) is 2.12. The highest BCUT2D eigenvalue weighted by molar-refractivity contribution is 5.74. The molecule has 3 rings (SSSR count). The van der Waals surface area contributed by atoms with Gasteiger partial charge >= 0.3 is 6.03 Å². The van der Waals surface area contributed by atoms with E-state index in [2.05, 4.69) is 15.7 Å². The molecule has 3 aromatic rings. The second-order valence-electron chi connectivity index (χ2n) is 7.35. The van der Waals surface area contributed by atoms with Gasteiger partial charge in [-0.3, -0.25) is 0 Å². The zero-order valence-electron chi connectivity index (χ0n) is 16.2. The van der Waals surface area contributed by atoms with Crippen LogP contribution in [0.15, 0.2) is 67.0 Å². The molecule has 1 heterocycles. The predicted octanol–water partition coefficient (Wildman–Crippen LogP) is 3.83. The molecule has 0 saturated carbocycles. The standard InChI is InChI=1S/C22H25FN4O/c1-22(2,19-10-6-7-11-20(19)23)16-25-21(28)24-13-12-17-14-26-27(15-17)18-8-4-3-5-9-18/h3-11,14-15H,12-13,16H2,1-2H3,(H2,24,25,28). The van der Waals surface area contributed by atoms with E-state index < -0.39 is 5.41 Å². The maximum atomic E-state index is 14.0. The van der Waals surface area contributed by atoms with E-state index in [1.165, 1.54) is 6.07 Å². The van der Waals surface area contributed by atoms with Crippen molar-refractivity contribution < 1.29 is 9.18 Å². The fourth-order valence-electron chi connectivity index (χ4n) is 3.00. The third-order valence-corrected chi connectivity index (χ3v) is 4.65. The topological polar surface area (TPSA) is 59.0 Å². The number of nitrogens with zero attached hydrogens (tertiary/aromatic N) is 2. The van der Waals surface area contributed by atoms with E-state index in [9.17, 15) is 9.18 Å². The lowest BCUT2D eigenvalue weighted by atomic mass is 9.84. The van der Waals surface area contributed by atoms with Gasteiger partial charge in [0.05, 0.1) is 11.9 Å². The Morgan fingerprint density at radius 2 is 1.79 bits per heavy atom. The summed E-state index contributed by atoms with van der Waals surface area (Å²) in [6, 6.07) is 16.2. The minimum Gasteiger partial charge on any atom is -0.338 e. The van der Waals surface area contributed by atoms with E-state index in [0.29, 0.717) is 25.1 Å². The lowest BCUT2D eigenvalue weighted by molar-refractivity contribution is 0.238. The van der Waals surface area contributed by atoms with Crippen LogP contribution in [0.25, 0.3) is 5.69 Å². The number of para-hydroxylation sites is 1. The number of hydrogen-bond donors (Lipinski definition) is 2. The molecule has 0 unspecified atom stereocenters. The first-order chi connectivity index (χ1) is 13.5. The van der Waals surface area contributed by atoms with Crippen LogP contribution in [-0.4, -0.2) is 28.9 Å². The molecule has 0 fully saturated rings. The van der Waals surface area contributed by atoms with Gasteiger partial charge in [0.2, 0.25) is 0 Å². The molecule has 1 aromatic heterocycles. The van der Waals surface area contributed by atoms with Crippen LogP contribution < -0.4 is 10.6 Å². The summed E-state index contributed by atoms with van der Waals surface area (Å²) in [6.07, 6.45) is 4.43. The molecule has 0 aliphatic rings. The monoisotopic (exact) mass is 380 g/mol. The van der Waals surface area contributed by atoms with Crippen LogP contribution in [-0.2, 0) is 11.8 Å². The second-order valence-corrected chi connectivity index (χ2v) is 7.35. The van der Waals surface area contributed by atoms with Crippen LogP contribution in [0.5, 0.6) is 0 Å². The smallest absolute Gasteiger partial charge is 0.314 e. The number of urea groups is 1. The van der Waals surface area contributed by atoms with Crippen LogP contribution in [0.1, 0.15) is 25.0 Å². The average Bonchev–Trinajstić information content (AvgIpc) is 3.16. The van der Waals surface area contributed by atoms with Gasteiger partial charge in [0.1, 0.15) is 5.82 Å². The van der Waals surface area contributed by atoms with Crippen molar-refractivity contribution in [2.45, 2.75) is 25.7 Å². The normalized spacial score (nSPS) is 11.2. The first-order valence-corrected chi connectivity index (χ1v) is 9.31. The molecule has 0 aliphatic carbocycles. The molecule has 28 heavy (non-hydrogen) atoms. The first-order valence-electron chi connectivity index (χ1n) is 9.31. The van der Waals surface area contributed by atoms with E-state index >= 15 is 0 Å². The molecule has 0 spiro atoms. The van der Waals surface area contributed by atoms with Crippen molar-refractivity contribution in [2.24, 2.45) is 0 Å². The summed E-state index contributed by atoms with van der Waals surface area (Å²) in [5.74, 6) is -0.259. The number of halogens is 1. The van der Waals surface area contributed by atoms with Gasteiger partial charge in [-0.25, -0.2) is 13.9 Å². The Bertz CT molecular complexity index is 921. The quantitative estimate of drug-likeness (QED) is 0.654. The predicted molar refractivity (Wildman–Crippen MR) is 108 cm³/mol. The van der Waals surface area contributed by atoms with Gasteiger partial charge in [-0.2, -0.15) is 5.10 Å². The SMILES string of the molecule is CC(C)(CNC(=O)NCCc1cnn(-c2ccccc2)c1)c1ccccc1F. The zero-order valence-corrected chi connectivity index (χ0v) is 16.2. The van der Waals surface area contributed by atoms with Crippen LogP contribution in [0, 0.1) is 5.82 Å². The van der Waals surface area contributed by atoms with E-state index in [-0.39, 0.29) is 11.8 Å². The van der Waals surface area contributed by atoms with Crippen LogP contribution in [0.3, 0.4) is 0 Å². The molecule has 2 N–H and O–H groups in total. The summed E-state index contributed by atoms with van der Waals surface area (Å²) >= 11 is 0. The molecular weight excluding hydrogens is 355 g/mol. The highest BCUT2D eigenvalue weighted by Gasteiger charge is 2.24. The molecular formula is C22H25FN4O. The number of carbonyl (C=O) groups is 1. The summed E-state index contributed by atoms with van der Waals surface area (Å²) in [4.78, 5) is 12.1. The lowest BCUT2D eigenvalue weighted by Gasteiger charge is -2.26. The summed E-state index contributed by atoms with van der Waals surface area (Å²) in [5, 5.41) is 10.0. The van der Waals surface area contributed by atoms with Gasteiger partial charge in [0, 0.05) is 24.7 Å². The molecule has 0 saturated heterocycles. The summed E-state index contributed by atoms with van der Waals surface area (Å²) in [7, 11) is 0. The third kappa shape index (κ3) is 4.97. The third-order valence-electron chi connectivity index (χ3n) is 4.65. The maximum Gasteiger partial charge on any atom is 0.314 e. The molecule has 146 valence electrons. The summed E-state index contributed by atoms with van der Waals surface area (Å²) < 4.78 is 15.8. The van der Waals surface area contributed by atoms with Gasteiger partial charge in [0.25, 0.3) is 0 Å². The number of carbonyl (C=O) groups excluding carboxylic acids is 1. The maximum absolute atomic E-state index is 14.0. The van der Waals surface area contributed by atoms with Crippen molar-refractivity contribution in [1.82, 2.24) is 20.4 Å². The van der Waals surface area contributed by atoms with E-state index in [1.54, 1.807) is 24.4 Å². The van der Waals surface area contributed by atoms with Gasteiger partial charge in [-0.1, -0.05) is 50.2 Å². The van der Waals surface area contributed by atoms with Crippen LogP contribution in [0.4, 0.5) is 9.18 Å². The minimum absolute atomic E-state index is 0.259. The van der Waals surface area contributed by atoms with Crippen molar-refractivity contribution in [3.8, 4) is 5.69 Å². The molecule has 5 nitrogen and oxygen atoms in total. The molecule has 2 amide bonds. The Morgan fingerprint density at radius 1 is 1.07 bits per heavy atom. The van der Waals surface area contributed by atoms with Crippen molar-refractivity contribution in [1.29, 1.82) is 0 Å². The van der Waals surface area contributed by atoms with Gasteiger partial charge in [0.15, 0.2) is 0 Å². The number of hydrogen-bond acceptors (Lipinski definition) is 2. The van der Waals surface area contributed by atoms with E-state index in [0.717, 1.165) is 11.3 Å². The summed E-state index contributed by atoms with van der Waals surface area (Å²) in [6.45, 7) is 4.64. The van der Waals surface area contributed by atoms with Gasteiger partial charge < -0.3 is 10.6 Å². The largest absolute Gasteiger partial charge is 0.338 e. The fraction of sp³-hybridized carbons (Fsp3) is 0.273. The Kier molecular flexibility index (Phi) is 6.09. The number of amides is 2.